The lowest BCUT2D eigenvalue weighted by molar-refractivity contribution is -0.139. The molecule has 1 fully saturated rings. The Bertz CT molecular complexity index is 543. The zero-order chi connectivity index (χ0) is 16.2. The lowest BCUT2D eigenvalue weighted by Crippen LogP contribution is -2.53. The van der Waals surface area contributed by atoms with Gasteiger partial charge in [-0.05, 0) is 19.8 Å². The zero-order valence-corrected chi connectivity index (χ0v) is 13.3. The molecular formula is C15H23N3O4. The molecule has 1 saturated heterocycles. The van der Waals surface area contributed by atoms with Gasteiger partial charge in [-0.15, -0.1) is 0 Å². The Balaban J connectivity index is 2.14. The molecule has 0 spiro atoms. The van der Waals surface area contributed by atoms with E-state index in [1.54, 1.807) is 25.1 Å². The van der Waals surface area contributed by atoms with Crippen LogP contribution in [0.1, 0.15) is 30.7 Å². The van der Waals surface area contributed by atoms with Gasteiger partial charge in [0.2, 0.25) is 11.8 Å². The molecule has 2 heterocycles. The average molecular weight is 309 g/mol. The largest absolute Gasteiger partial charge is 0.382 e. The fourth-order valence-electron chi connectivity index (χ4n) is 3.11. The van der Waals surface area contributed by atoms with Crippen molar-refractivity contribution >= 4 is 11.8 Å². The Morgan fingerprint density at radius 1 is 1.55 bits per heavy atom. The monoisotopic (exact) mass is 309 g/mol. The van der Waals surface area contributed by atoms with Gasteiger partial charge in [0.15, 0.2) is 0 Å². The van der Waals surface area contributed by atoms with Crippen molar-refractivity contribution in [3.05, 3.63) is 17.5 Å². The third-order valence-corrected chi connectivity index (χ3v) is 4.08. The molecular weight excluding hydrogens is 286 g/mol. The normalized spacial score (nSPS) is 21.1. The summed E-state index contributed by atoms with van der Waals surface area (Å²) in [5.41, 5.74) is 0.179. The highest BCUT2D eigenvalue weighted by Crippen LogP contribution is 2.33. The summed E-state index contributed by atoms with van der Waals surface area (Å²) in [5, 5.41) is 6.42. The number of aromatic nitrogens is 1. The summed E-state index contributed by atoms with van der Waals surface area (Å²) in [5.74, 6) is 0.391. The van der Waals surface area contributed by atoms with Crippen molar-refractivity contribution in [1.29, 1.82) is 0 Å². The van der Waals surface area contributed by atoms with Crippen molar-refractivity contribution in [2.45, 2.75) is 38.1 Å². The van der Waals surface area contributed by atoms with Crippen LogP contribution in [-0.2, 0) is 20.7 Å². The van der Waals surface area contributed by atoms with E-state index in [4.69, 9.17) is 9.26 Å². The molecule has 1 aliphatic heterocycles. The Labute approximate surface area is 130 Å². The minimum atomic E-state index is -0.568. The molecule has 0 aromatic carbocycles. The molecule has 1 aromatic heterocycles. The molecule has 0 saturated carbocycles. The molecule has 2 rings (SSSR count). The van der Waals surface area contributed by atoms with Gasteiger partial charge in [0.1, 0.15) is 5.76 Å². The number of aryl methyl sites for hydroxylation is 1. The van der Waals surface area contributed by atoms with Gasteiger partial charge in [0.25, 0.3) is 0 Å². The van der Waals surface area contributed by atoms with E-state index in [9.17, 15) is 9.59 Å². The second-order valence-corrected chi connectivity index (χ2v) is 5.77. The van der Waals surface area contributed by atoms with E-state index in [1.165, 1.54) is 0 Å². The van der Waals surface area contributed by atoms with Crippen LogP contribution in [0.3, 0.4) is 0 Å². The van der Waals surface area contributed by atoms with E-state index < -0.39 is 5.54 Å². The van der Waals surface area contributed by atoms with E-state index >= 15 is 0 Å². The lowest BCUT2D eigenvalue weighted by Gasteiger charge is -2.37. The number of carbonyl (C=O) groups is 2. The average Bonchev–Trinajstić information content (AvgIpc) is 3.06. The van der Waals surface area contributed by atoms with Crippen molar-refractivity contribution in [3.63, 3.8) is 0 Å². The molecule has 1 atom stereocenters. The predicted octanol–water partition coefficient (Wildman–Crippen LogP) is 0.669. The molecule has 1 N–H and O–H groups in total. The summed E-state index contributed by atoms with van der Waals surface area (Å²) < 4.78 is 10.4. The van der Waals surface area contributed by atoms with E-state index in [-0.39, 0.29) is 24.7 Å². The maximum absolute atomic E-state index is 12.6. The van der Waals surface area contributed by atoms with Crippen molar-refractivity contribution in [1.82, 2.24) is 15.4 Å². The highest BCUT2D eigenvalue weighted by molar-refractivity contribution is 5.82. The second-order valence-electron chi connectivity index (χ2n) is 5.77. The molecule has 7 heteroatoms. The van der Waals surface area contributed by atoms with Crippen LogP contribution in [-0.4, -0.2) is 54.7 Å². The zero-order valence-electron chi connectivity index (χ0n) is 13.3. The van der Waals surface area contributed by atoms with Crippen molar-refractivity contribution in [2.24, 2.45) is 0 Å². The SMILES string of the molecule is CNC(=O)C[C@@]1(COC)CCCN1C(=O)Cc1cc(C)no1. The third kappa shape index (κ3) is 3.47. The molecule has 22 heavy (non-hydrogen) atoms. The summed E-state index contributed by atoms with van der Waals surface area (Å²) in [7, 11) is 3.19. The Hall–Kier alpha value is -1.89. The number of methoxy groups -OCH3 is 1. The molecule has 0 aliphatic carbocycles. The fourth-order valence-corrected chi connectivity index (χ4v) is 3.11. The van der Waals surface area contributed by atoms with Gasteiger partial charge in [-0.1, -0.05) is 5.16 Å². The van der Waals surface area contributed by atoms with E-state index in [2.05, 4.69) is 10.5 Å². The van der Waals surface area contributed by atoms with Gasteiger partial charge < -0.3 is 19.5 Å². The summed E-state index contributed by atoms with van der Waals surface area (Å²) in [6, 6.07) is 1.75. The molecule has 1 aliphatic rings. The number of hydrogen-bond acceptors (Lipinski definition) is 5. The highest BCUT2D eigenvalue weighted by Gasteiger charge is 2.45. The Kier molecular flexibility index (Phi) is 5.18. The van der Waals surface area contributed by atoms with Crippen LogP contribution in [0.25, 0.3) is 0 Å². The molecule has 7 nitrogen and oxygen atoms in total. The van der Waals surface area contributed by atoms with E-state index in [0.717, 1.165) is 18.5 Å². The van der Waals surface area contributed by atoms with Crippen LogP contribution >= 0.6 is 0 Å². The lowest BCUT2D eigenvalue weighted by atomic mass is 9.92. The molecule has 0 bridgehead atoms. The van der Waals surface area contributed by atoms with Crippen LogP contribution in [0, 0.1) is 6.92 Å². The molecule has 0 unspecified atom stereocenters. The Morgan fingerprint density at radius 2 is 2.32 bits per heavy atom. The van der Waals surface area contributed by atoms with Crippen LogP contribution in [0.2, 0.25) is 0 Å². The quantitative estimate of drug-likeness (QED) is 0.835. The van der Waals surface area contributed by atoms with Gasteiger partial charge in [0.05, 0.1) is 30.7 Å². The van der Waals surface area contributed by atoms with E-state index in [1.807, 2.05) is 6.92 Å². The number of nitrogens with zero attached hydrogens (tertiary/aromatic N) is 2. The van der Waals surface area contributed by atoms with Crippen LogP contribution < -0.4 is 5.32 Å². The van der Waals surface area contributed by atoms with Gasteiger partial charge in [-0.25, -0.2) is 0 Å². The first-order valence-electron chi connectivity index (χ1n) is 7.43. The minimum Gasteiger partial charge on any atom is -0.382 e. The maximum Gasteiger partial charge on any atom is 0.230 e. The summed E-state index contributed by atoms with van der Waals surface area (Å²) in [6.07, 6.45) is 2.02. The van der Waals surface area contributed by atoms with E-state index in [0.29, 0.717) is 18.9 Å². The number of ether oxygens (including phenoxy) is 1. The number of amides is 2. The van der Waals surface area contributed by atoms with Gasteiger partial charge >= 0.3 is 0 Å². The van der Waals surface area contributed by atoms with Crippen LogP contribution in [0.15, 0.2) is 10.6 Å². The van der Waals surface area contributed by atoms with Crippen molar-refractivity contribution < 1.29 is 18.8 Å². The number of rotatable bonds is 6. The number of carbonyl (C=O) groups excluding carboxylic acids is 2. The second kappa shape index (κ2) is 6.91. The minimum absolute atomic E-state index is 0.0606. The summed E-state index contributed by atoms with van der Waals surface area (Å²) in [6.45, 7) is 2.79. The summed E-state index contributed by atoms with van der Waals surface area (Å²) >= 11 is 0. The van der Waals surface area contributed by atoms with Crippen LogP contribution in [0.5, 0.6) is 0 Å². The number of nitrogens with one attached hydrogen (secondary N) is 1. The first-order valence-corrected chi connectivity index (χ1v) is 7.43. The maximum atomic E-state index is 12.6. The first-order chi connectivity index (χ1) is 10.5. The van der Waals surface area contributed by atoms with Gasteiger partial charge in [0, 0.05) is 26.8 Å². The standard InChI is InChI=1S/C15H23N3O4/c1-11-7-12(22-17-11)8-14(20)18-6-4-5-15(18,10-21-3)9-13(19)16-2/h7H,4-6,8-10H2,1-3H3,(H,16,19)/t15-/m1/s1. The Morgan fingerprint density at radius 3 is 2.91 bits per heavy atom. The molecule has 2 amide bonds. The van der Waals surface area contributed by atoms with Gasteiger partial charge in [-0.3, -0.25) is 9.59 Å². The predicted molar refractivity (Wildman–Crippen MR) is 79.2 cm³/mol. The molecule has 0 radical (unpaired) electrons. The van der Waals surface area contributed by atoms with Crippen LogP contribution in [0.4, 0.5) is 0 Å². The van der Waals surface area contributed by atoms with Crippen molar-refractivity contribution in [3.8, 4) is 0 Å². The van der Waals surface area contributed by atoms with Crippen molar-refractivity contribution in [2.75, 3.05) is 27.3 Å². The fraction of sp³-hybridized carbons (Fsp3) is 0.667. The highest BCUT2D eigenvalue weighted by atomic mass is 16.5. The summed E-state index contributed by atoms with van der Waals surface area (Å²) in [4.78, 5) is 26.2. The first kappa shape index (κ1) is 16.5. The third-order valence-electron chi connectivity index (χ3n) is 4.08. The molecule has 122 valence electrons. The smallest absolute Gasteiger partial charge is 0.230 e. The number of likely N-dealkylation sites (tertiary alicyclic amines) is 1. The number of hydrogen-bond donors (Lipinski definition) is 1. The molecule has 1 aromatic rings. The topological polar surface area (TPSA) is 84.7 Å². The van der Waals surface area contributed by atoms with Gasteiger partial charge in [-0.2, -0.15) is 0 Å².